The van der Waals surface area contributed by atoms with Crippen LogP contribution in [0.1, 0.15) is 10.4 Å². The lowest BCUT2D eigenvalue weighted by atomic mass is 10.2. The fraction of sp³-hybridized carbons (Fsp3) is 0. The van der Waals surface area contributed by atoms with Crippen molar-refractivity contribution in [3.05, 3.63) is 67.6 Å². The normalized spacial score (nSPS) is 10.1. The standard InChI is InChI=1S/C13H7BrClNO4/c14-9-2-1-3-10(7-9)20-13(17)8-4-5-11(15)12(6-8)16(18)19/h1-7H. The van der Waals surface area contributed by atoms with E-state index in [4.69, 9.17) is 16.3 Å². The van der Waals surface area contributed by atoms with E-state index in [0.29, 0.717) is 5.75 Å². The highest BCUT2D eigenvalue weighted by atomic mass is 79.9. The lowest BCUT2D eigenvalue weighted by Gasteiger charge is -2.05. The van der Waals surface area contributed by atoms with Crippen LogP contribution in [0.25, 0.3) is 0 Å². The average Bonchev–Trinajstić information content (AvgIpc) is 2.38. The number of rotatable bonds is 3. The number of nitro groups is 1. The number of hydrogen-bond donors (Lipinski definition) is 0. The molecular formula is C13H7BrClNO4. The zero-order valence-electron chi connectivity index (χ0n) is 9.88. The Balaban J connectivity index is 2.26. The molecule has 0 aliphatic heterocycles. The fourth-order valence-electron chi connectivity index (χ4n) is 1.48. The first kappa shape index (κ1) is 14.5. The molecular weight excluding hydrogens is 350 g/mol. The molecule has 0 aliphatic rings. The molecule has 2 rings (SSSR count). The molecule has 0 atom stereocenters. The Kier molecular flexibility index (Phi) is 4.36. The van der Waals surface area contributed by atoms with E-state index >= 15 is 0 Å². The second-order valence-electron chi connectivity index (χ2n) is 3.77. The molecule has 0 N–H and O–H groups in total. The van der Waals surface area contributed by atoms with Gasteiger partial charge in [0.1, 0.15) is 10.8 Å². The van der Waals surface area contributed by atoms with Crippen molar-refractivity contribution in [2.75, 3.05) is 0 Å². The number of carbonyl (C=O) groups is 1. The summed E-state index contributed by atoms with van der Waals surface area (Å²) in [6.07, 6.45) is 0. The Morgan fingerprint density at radius 2 is 2.00 bits per heavy atom. The van der Waals surface area contributed by atoms with Crippen molar-refractivity contribution in [3.63, 3.8) is 0 Å². The van der Waals surface area contributed by atoms with Crippen LogP contribution >= 0.6 is 27.5 Å². The van der Waals surface area contributed by atoms with Gasteiger partial charge in [0.25, 0.3) is 5.69 Å². The van der Waals surface area contributed by atoms with E-state index in [0.717, 1.165) is 10.5 Å². The number of benzene rings is 2. The summed E-state index contributed by atoms with van der Waals surface area (Å²) in [6, 6.07) is 10.5. The van der Waals surface area contributed by atoms with Crippen LogP contribution in [0.3, 0.4) is 0 Å². The summed E-state index contributed by atoms with van der Waals surface area (Å²) >= 11 is 8.93. The van der Waals surface area contributed by atoms with Gasteiger partial charge in [-0.05, 0) is 30.3 Å². The fourth-order valence-corrected chi connectivity index (χ4v) is 2.04. The topological polar surface area (TPSA) is 69.4 Å². The van der Waals surface area contributed by atoms with Crippen molar-refractivity contribution < 1.29 is 14.5 Å². The van der Waals surface area contributed by atoms with E-state index in [-0.39, 0.29) is 16.3 Å². The third-order valence-electron chi connectivity index (χ3n) is 2.39. The Labute approximate surface area is 127 Å². The molecule has 0 unspecified atom stereocenters. The van der Waals surface area contributed by atoms with Crippen molar-refractivity contribution in [3.8, 4) is 5.75 Å². The predicted molar refractivity (Wildman–Crippen MR) is 77.2 cm³/mol. The maximum Gasteiger partial charge on any atom is 0.343 e. The molecule has 0 fully saturated rings. The van der Waals surface area contributed by atoms with Gasteiger partial charge < -0.3 is 4.74 Å². The predicted octanol–water partition coefficient (Wildman–Crippen LogP) is 4.23. The van der Waals surface area contributed by atoms with E-state index < -0.39 is 10.9 Å². The third-order valence-corrected chi connectivity index (χ3v) is 3.20. The van der Waals surface area contributed by atoms with Crippen LogP contribution in [0.15, 0.2) is 46.9 Å². The van der Waals surface area contributed by atoms with E-state index in [1.165, 1.54) is 12.1 Å². The van der Waals surface area contributed by atoms with E-state index in [1.54, 1.807) is 24.3 Å². The van der Waals surface area contributed by atoms with Crippen molar-refractivity contribution in [2.45, 2.75) is 0 Å². The van der Waals surface area contributed by atoms with Gasteiger partial charge in [-0.1, -0.05) is 33.6 Å². The lowest BCUT2D eigenvalue weighted by Crippen LogP contribution is -2.09. The molecule has 0 aliphatic carbocycles. The molecule has 0 radical (unpaired) electrons. The quantitative estimate of drug-likeness (QED) is 0.357. The van der Waals surface area contributed by atoms with Crippen molar-refractivity contribution in [1.29, 1.82) is 0 Å². The van der Waals surface area contributed by atoms with Gasteiger partial charge in [-0.15, -0.1) is 0 Å². The van der Waals surface area contributed by atoms with E-state index in [9.17, 15) is 14.9 Å². The Morgan fingerprint density at radius 1 is 1.25 bits per heavy atom. The molecule has 0 bridgehead atoms. The maximum atomic E-state index is 11.9. The van der Waals surface area contributed by atoms with Crippen LogP contribution in [-0.2, 0) is 0 Å². The first-order chi connectivity index (χ1) is 9.47. The first-order valence-electron chi connectivity index (χ1n) is 5.39. The van der Waals surface area contributed by atoms with Crippen molar-refractivity contribution in [2.24, 2.45) is 0 Å². The molecule has 102 valence electrons. The van der Waals surface area contributed by atoms with Crippen LogP contribution in [0.4, 0.5) is 5.69 Å². The largest absolute Gasteiger partial charge is 0.423 e. The number of esters is 1. The summed E-state index contributed by atoms with van der Waals surface area (Å²) in [5, 5.41) is 10.7. The lowest BCUT2D eigenvalue weighted by molar-refractivity contribution is -0.384. The zero-order chi connectivity index (χ0) is 14.7. The molecule has 0 spiro atoms. The monoisotopic (exact) mass is 355 g/mol. The molecule has 0 saturated heterocycles. The number of halogens is 2. The number of nitrogens with zero attached hydrogens (tertiary/aromatic N) is 1. The van der Waals surface area contributed by atoms with Gasteiger partial charge >= 0.3 is 5.97 Å². The van der Waals surface area contributed by atoms with Gasteiger partial charge in [0.05, 0.1) is 10.5 Å². The van der Waals surface area contributed by atoms with Crippen molar-refractivity contribution in [1.82, 2.24) is 0 Å². The Hall–Kier alpha value is -1.92. The number of hydrogen-bond acceptors (Lipinski definition) is 4. The summed E-state index contributed by atoms with van der Waals surface area (Å²) in [5.41, 5.74) is -0.281. The summed E-state index contributed by atoms with van der Waals surface area (Å²) < 4.78 is 5.88. The van der Waals surface area contributed by atoms with Crippen molar-refractivity contribution >= 4 is 39.2 Å². The Bertz CT molecular complexity index is 690. The Morgan fingerprint density at radius 3 is 2.65 bits per heavy atom. The first-order valence-corrected chi connectivity index (χ1v) is 6.56. The van der Waals surface area contributed by atoms with Crippen LogP contribution in [0.2, 0.25) is 5.02 Å². The molecule has 0 saturated carbocycles. The molecule has 0 aromatic heterocycles. The number of carbonyl (C=O) groups excluding carboxylic acids is 1. The maximum absolute atomic E-state index is 11.9. The van der Waals surface area contributed by atoms with Gasteiger partial charge in [0.15, 0.2) is 0 Å². The summed E-state index contributed by atoms with van der Waals surface area (Å²) in [6.45, 7) is 0. The van der Waals surface area contributed by atoms with Crippen LogP contribution in [0, 0.1) is 10.1 Å². The van der Waals surface area contributed by atoms with E-state index in [1.807, 2.05) is 0 Å². The molecule has 5 nitrogen and oxygen atoms in total. The molecule has 0 amide bonds. The minimum atomic E-state index is -0.692. The zero-order valence-corrected chi connectivity index (χ0v) is 12.2. The SMILES string of the molecule is O=C(Oc1cccc(Br)c1)c1ccc(Cl)c([N+](=O)[O-])c1. The van der Waals surface area contributed by atoms with Crippen LogP contribution < -0.4 is 4.74 Å². The highest BCUT2D eigenvalue weighted by Crippen LogP contribution is 2.26. The van der Waals surface area contributed by atoms with Gasteiger partial charge in [0, 0.05) is 10.5 Å². The minimum Gasteiger partial charge on any atom is -0.423 e. The minimum absolute atomic E-state index is 0.0333. The number of nitro benzene ring substituents is 1. The average molecular weight is 357 g/mol. The summed E-state index contributed by atoms with van der Waals surface area (Å²) in [5.74, 6) is -0.357. The highest BCUT2D eigenvalue weighted by Gasteiger charge is 2.17. The van der Waals surface area contributed by atoms with Gasteiger partial charge in [0.2, 0.25) is 0 Å². The molecule has 2 aromatic carbocycles. The molecule has 20 heavy (non-hydrogen) atoms. The molecule has 0 heterocycles. The molecule has 2 aromatic rings. The summed E-state index contributed by atoms with van der Waals surface area (Å²) in [4.78, 5) is 22.0. The van der Waals surface area contributed by atoms with Gasteiger partial charge in [-0.25, -0.2) is 4.79 Å². The highest BCUT2D eigenvalue weighted by molar-refractivity contribution is 9.10. The van der Waals surface area contributed by atoms with E-state index in [2.05, 4.69) is 15.9 Å². The second kappa shape index (κ2) is 6.02. The van der Waals surface area contributed by atoms with Crippen LogP contribution in [0.5, 0.6) is 5.75 Å². The third kappa shape index (κ3) is 3.34. The number of ether oxygens (including phenoxy) is 1. The van der Waals surface area contributed by atoms with Gasteiger partial charge in [-0.2, -0.15) is 0 Å². The smallest absolute Gasteiger partial charge is 0.343 e. The summed E-state index contributed by atoms with van der Waals surface area (Å²) in [7, 11) is 0. The second-order valence-corrected chi connectivity index (χ2v) is 5.09. The van der Waals surface area contributed by atoms with Gasteiger partial charge in [-0.3, -0.25) is 10.1 Å². The molecule has 7 heteroatoms. The van der Waals surface area contributed by atoms with Crippen LogP contribution in [-0.4, -0.2) is 10.9 Å².